The third-order valence-electron chi connectivity index (χ3n) is 2.68. The summed E-state index contributed by atoms with van der Waals surface area (Å²) in [6.45, 7) is 2.74. The first kappa shape index (κ1) is 15.2. The average molecular weight is 264 g/mol. The lowest BCUT2D eigenvalue weighted by molar-refractivity contribution is -0.134. The maximum atomic E-state index is 10.9. The number of benzene rings is 1. The summed E-state index contributed by atoms with van der Waals surface area (Å²) >= 11 is 0. The minimum absolute atomic E-state index is 0.181. The average Bonchev–Trinajstić information content (AvgIpc) is 2.45. The molecule has 1 N–H and O–H groups in total. The molecule has 0 radical (unpaired) electrons. The molecule has 1 rings (SSSR count). The second-order valence-corrected chi connectivity index (χ2v) is 4.35. The molecule has 0 aliphatic rings. The van der Waals surface area contributed by atoms with Crippen LogP contribution >= 0.6 is 0 Å². The van der Waals surface area contributed by atoms with Gasteiger partial charge >= 0.3 is 5.97 Å². The fourth-order valence-electron chi connectivity index (χ4n) is 1.38. The molecule has 0 saturated heterocycles. The SMILES string of the molecule is COC(=O)/C=C/c1ccc(OCC[C@H](C)CO)cc1. The first-order valence-corrected chi connectivity index (χ1v) is 6.25. The van der Waals surface area contributed by atoms with E-state index in [1.165, 1.54) is 13.2 Å². The van der Waals surface area contributed by atoms with E-state index < -0.39 is 0 Å². The predicted octanol–water partition coefficient (Wildman–Crippen LogP) is 2.27. The van der Waals surface area contributed by atoms with E-state index >= 15 is 0 Å². The first-order valence-electron chi connectivity index (χ1n) is 6.25. The second kappa shape index (κ2) is 8.32. The quantitative estimate of drug-likeness (QED) is 0.606. The smallest absolute Gasteiger partial charge is 0.330 e. The van der Waals surface area contributed by atoms with Crippen molar-refractivity contribution in [2.24, 2.45) is 5.92 Å². The number of carbonyl (C=O) groups is 1. The lowest BCUT2D eigenvalue weighted by Crippen LogP contribution is -2.07. The van der Waals surface area contributed by atoms with E-state index in [-0.39, 0.29) is 18.5 Å². The van der Waals surface area contributed by atoms with Crippen molar-refractivity contribution in [3.8, 4) is 5.75 Å². The summed E-state index contributed by atoms with van der Waals surface area (Å²) in [6.07, 6.45) is 3.88. The summed E-state index contributed by atoms with van der Waals surface area (Å²) in [5, 5.41) is 8.89. The van der Waals surface area contributed by atoms with Crippen molar-refractivity contribution in [1.29, 1.82) is 0 Å². The van der Waals surface area contributed by atoms with Crippen molar-refractivity contribution >= 4 is 12.0 Å². The van der Waals surface area contributed by atoms with Gasteiger partial charge in [0.05, 0.1) is 13.7 Å². The highest BCUT2D eigenvalue weighted by Gasteiger charge is 2.00. The number of carbonyl (C=O) groups excluding carboxylic acids is 1. The molecule has 1 aromatic rings. The van der Waals surface area contributed by atoms with Gasteiger partial charge in [-0.25, -0.2) is 4.79 Å². The van der Waals surface area contributed by atoms with E-state index in [0.29, 0.717) is 6.61 Å². The Balaban J connectivity index is 2.43. The monoisotopic (exact) mass is 264 g/mol. The molecule has 4 heteroatoms. The normalized spacial score (nSPS) is 12.4. The molecule has 0 fully saturated rings. The van der Waals surface area contributed by atoms with Crippen LogP contribution in [0.15, 0.2) is 30.3 Å². The minimum Gasteiger partial charge on any atom is -0.494 e. The molecule has 0 unspecified atom stereocenters. The number of aliphatic hydroxyl groups is 1. The van der Waals surface area contributed by atoms with Crippen molar-refractivity contribution in [1.82, 2.24) is 0 Å². The molecular weight excluding hydrogens is 244 g/mol. The van der Waals surface area contributed by atoms with Gasteiger partial charge in [-0.1, -0.05) is 19.1 Å². The third-order valence-corrected chi connectivity index (χ3v) is 2.68. The molecule has 1 aromatic carbocycles. The van der Waals surface area contributed by atoms with Gasteiger partial charge in [-0.05, 0) is 36.1 Å². The van der Waals surface area contributed by atoms with Crippen molar-refractivity contribution < 1.29 is 19.4 Å². The predicted molar refractivity (Wildman–Crippen MR) is 73.9 cm³/mol. The molecule has 1 atom stereocenters. The Morgan fingerprint density at radius 2 is 2.05 bits per heavy atom. The van der Waals surface area contributed by atoms with Crippen LogP contribution in [0.25, 0.3) is 6.08 Å². The van der Waals surface area contributed by atoms with E-state index in [9.17, 15) is 4.79 Å². The molecule has 0 bridgehead atoms. The summed E-state index contributed by atoms with van der Waals surface area (Å²) in [5.41, 5.74) is 0.904. The van der Waals surface area contributed by atoms with Crippen LogP contribution < -0.4 is 4.74 Å². The van der Waals surface area contributed by atoms with Crippen LogP contribution in [0.5, 0.6) is 5.75 Å². The van der Waals surface area contributed by atoms with Gasteiger partial charge in [0.25, 0.3) is 0 Å². The molecule has 19 heavy (non-hydrogen) atoms. The highest BCUT2D eigenvalue weighted by atomic mass is 16.5. The van der Waals surface area contributed by atoms with Crippen molar-refractivity contribution in [3.05, 3.63) is 35.9 Å². The van der Waals surface area contributed by atoms with Gasteiger partial charge in [0, 0.05) is 12.7 Å². The van der Waals surface area contributed by atoms with E-state index in [1.54, 1.807) is 6.08 Å². The number of ether oxygens (including phenoxy) is 2. The molecule has 0 aliphatic heterocycles. The molecule has 0 aliphatic carbocycles. The van der Waals surface area contributed by atoms with E-state index in [2.05, 4.69) is 4.74 Å². The zero-order chi connectivity index (χ0) is 14.1. The number of methoxy groups -OCH3 is 1. The van der Waals surface area contributed by atoms with Crippen LogP contribution in [0.1, 0.15) is 18.9 Å². The van der Waals surface area contributed by atoms with Crippen LogP contribution in [0.4, 0.5) is 0 Å². The first-order chi connectivity index (χ1) is 9.15. The van der Waals surface area contributed by atoms with Gasteiger partial charge in [0.1, 0.15) is 5.75 Å². The van der Waals surface area contributed by atoms with Gasteiger partial charge < -0.3 is 14.6 Å². The third kappa shape index (κ3) is 6.06. The van der Waals surface area contributed by atoms with Crippen LogP contribution in [0.3, 0.4) is 0 Å². The van der Waals surface area contributed by atoms with Crippen LogP contribution in [-0.4, -0.2) is 31.4 Å². The summed E-state index contributed by atoms with van der Waals surface area (Å²) in [5.74, 6) is 0.654. The van der Waals surface area contributed by atoms with Crippen molar-refractivity contribution in [2.75, 3.05) is 20.3 Å². The Morgan fingerprint density at radius 1 is 1.37 bits per heavy atom. The molecule has 104 valence electrons. The summed E-state index contributed by atoms with van der Waals surface area (Å²) in [6, 6.07) is 7.43. The van der Waals surface area contributed by atoms with Crippen LogP contribution in [0, 0.1) is 5.92 Å². The summed E-state index contributed by atoms with van der Waals surface area (Å²) in [4.78, 5) is 10.9. The van der Waals surface area contributed by atoms with E-state index in [1.807, 2.05) is 31.2 Å². The summed E-state index contributed by atoms with van der Waals surface area (Å²) < 4.78 is 10.1. The van der Waals surface area contributed by atoms with Gasteiger partial charge in [0.2, 0.25) is 0 Å². The van der Waals surface area contributed by atoms with Gasteiger partial charge in [-0.15, -0.1) is 0 Å². The Kier molecular flexibility index (Phi) is 6.68. The minimum atomic E-state index is -0.377. The Hall–Kier alpha value is -1.81. The van der Waals surface area contributed by atoms with Crippen molar-refractivity contribution in [2.45, 2.75) is 13.3 Å². The molecule has 0 saturated carbocycles. The number of rotatable bonds is 7. The van der Waals surface area contributed by atoms with Gasteiger partial charge in [-0.2, -0.15) is 0 Å². The van der Waals surface area contributed by atoms with Crippen LogP contribution in [0.2, 0.25) is 0 Å². The van der Waals surface area contributed by atoms with Gasteiger partial charge in [0.15, 0.2) is 0 Å². The molecular formula is C15H20O4. The Morgan fingerprint density at radius 3 is 2.63 bits per heavy atom. The van der Waals surface area contributed by atoms with E-state index in [0.717, 1.165) is 17.7 Å². The van der Waals surface area contributed by atoms with Gasteiger partial charge in [-0.3, -0.25) is 0 Å². The maximum absolute atomic E-state index is 10.9. The largest absolute Gasteiger partial charge is 0.494 e. The zero-order valence-electron chi connectivity index (χ0n) is 11.3. The number of hydrogen-bond donors (Lipinski definition) is 1. The Bertz CT molecular complexity index is 409. The number of esters is 1. The topological polar surface area (TPSA) is 55.8 Å². The highest BCUT2D eigenvalue weighted by Crippen LogP contribution is 2.14. The molecule has 4 nitrogen and oxygen atoms in total. The van der Waals surface area contributed by atoms with E-state index in [4.69, 9.17) is 9.84 Å². The second-order valence-electron chi connectivity index (χ2n) is 4.35. The number of aliphatic hydroxyl groups excluding tert-OH is 1. The molecule has 0 spiro atoms. The molecule has 0 amide bonds. The van der Waals surface area contributed by atoms with Crippen LogP contribution in [-0.2, 0) is 9.53 Å². The molecule has 0 aromatic heterocycles. The number of hydrogen-bond acceptors (Lipinski definition) is 4. The highest BCUT2D eigenvalue weighted by molar-refractivity contribution is 5.86. The summed E-state index contributed by atoms with van der Waals surface area (Å²) in [7, 11) is 1.34. The Labute approximate surface area is 113 Å². The lowest BCUT2D eigenvalue weighted by Gasteiger charge is -2.09. The lowest BCUT2D eigenvalue weighted by atomic mass is 10.1. The molecule has 0 heterocycles. The fourth-order valence-corrected chi connectivity index (χ4v) is 1.38. The maximum Gasteiger partial charge on any atom is 0.330 e. The fraction of sp³-hybridized carbons (Fsp3) is 0.400. The van der Waals surface area contributed by atoms with Crippen molar-refractivity contribution in [3.63, 3.8) is 0 Å². The zero-order valence-corrected chi connectivity index (χ0v) is 11.3. The standard InChI is InChI=1S/C15H20O4/c1-12(11-16)9-10-19-14-6-3-13(4-7-14)5-8-15(17)18-2/h3-8,12,16H,9-11H2,1-2H3/b8-5+/t12-/m0/s1.